The van der Waals surface area contributed by atoms with Crippen LogP contribution in [0.15, 0.2) is 58.2 Å². The molecule has 2 heterocycles. The van der Waals surface area contributed by atoms with E-state index in [1.807, 2.05) is 24.3 Å². The van der Waals surface area contributed by atoms with E-state index in [4.69, 9.17) is 25.5 Å². The molecule has 2 aromatic carbocycles. The molecule has 0 bridgehead atoms. The summed E-state index contributed by atoms with van der Waals surface area (Å²) in [5.74, 6) is -1.47. The molecule has 0 radical (unpaired) electrons. The maximum atomic E-state index is 13.7. The van der Waals surface area contributed by atoms with E-state index in [1.54, 1.807) is 12.1 Å². The lowest BCUT2D eigenvalue weighted by atomic mass is 9.94. The zero-order chi connectivity index (χ0) is 26.0. The molecule has 8 nitrogen and oxygen atoms in total. The lowest BCUT2D eigenvalue weighted by molar-refractivity contribution is -0.130. The fourth-order valence-corrected chi connectivity index (χ4v) is 4.81. The number of Topliss-reactive ketones (excluding diaryl/α,β-unsaturated/α-hetero) is 1. The third-order valence-electron chi connectivity index (χ3n) is 6.41. The van der Waals surface area contributed by atoms with Crippen LogP contribution < -0.4 is 9.64 Å². The molecule has 4 rings (SSSR count). The lowest BCUT2D eigenvalue weighted by Gasteiger charge is -2.27. The van der Waals surface area contributed by atoms with E-state index >= 15 is 0 Å². The van der Waals surface area contributed by atoms with Crippen LogP contribution in [0, 0.1) is 0 Å². The molecule has 0 fully saturated rings. The van der Waals surface area contributed by atoms with Crippen LogP contribution in [-0.2, 0) is 9.53 Å². The van der Waals surface area contributed by atoms with Gasteiger partial charge in [0.25, 0.3) is 5.91 Å². The SMILES string of the molecule is CCN(CC)c1ccc(C2C(C(=O)c3cc4cc(Cl)cc(OC)c4o3)=C(O)C(=O)N2CCOC)cc1. The second kappa shape index (κ2) is 10.6. The molecule has 1 atom stereocenters. The van der Waals surface area contributed by atoms with Crippen molar-refractivity contribution in [1.29, 1.82) is 0 Å². The first-order chi connectivity index (χ1) is 17.3. The first kappa shape index (κ1) is 25.6. The van der Waals surface area contributed by atoms with E-state index in [9.17, 15) is 14.7 Å². The molecule has 0 saturated carbocycles. The number of furan rings is 1. The summed E-state index contributed by atoms with van der Waals surface area (Å²) < 4.78 is 16.4. The van der Waals surface area contributed by atoms with Crippen molar-refractivity contribution in [2.45, 2.75) is 19.9 Å². The Kier molecular flexibility index (Phi) is 7.56. The molecule has 1 amide bonds. The zero-order valence-electron chi connectivity index (χ0n) is 20.7. The standard InChI is InChI=1S/C27H29ClN2O6/c1-5-29(6-2)19-9-7-16(8-10-19)23-22(25(32)27(33)30(23)11-12-34-3)24(31)20-14-17-13-18(28)15-21(35-4)26(17)36-20/h7-10,13-15,23,32H,5-6,11-12H2,1-4H3. The van der Waals surface area contributed by atoms with E-state index in [-0.39, 0.29) is 24.5 Å². The Labute approximate surface area is 214 Å². The summed E-state index contributed by atoms with van der Waals surface area (Å²) in [6.07, 6.45) is 0. The molecule has 3 aromatic rings. The quantitative estimate of drug-likeness (QED) is 0.375. The van der Waals surface area contributed by atoms with Crippen LogP contribution >= 0.6 is 11.6 Å². The van der Waals surface area contributed by atoms with Gasteiger partial charge in [0.15, 0.2) is 22.9 Å². The number of halogens is 1. The van der Waals surface area contributed by atoms with E-state index in [0.29, 0.717) is 27.3 Å². The van der Waals surface area contributed by atoms with E-state index in [1.165, 1.54) is 25.2 Å². The topological polar surface area (TPSA) is 92.5 Å². The van der Waals surface area contributed by atoms with Gasteiger partial charge in [-0.1, -0.05) is 23.7 Å². The zero-order valence-corrected chi connectivity index (χ0v) is 21.5. The third-order valence-corrected chi connectivity index (χ3v) is 6.63. The Balaban J connectivity index is 1.78. The summed E-state index contributed by atoms with van der Waals surface area (Å²) in [7, 11) is 3.01. The van der Waals surface area contributed by atoms with E-state index < -0.39 is 23.5 Å². The number of methoxy groups -OCH3 is 2. The fraction of sp³-hybridized carbons (Fsp3) is 0.333. The van der Waals surface area contributed by atoms with Crippen LogP contribution in [-0.4, -0.2) is 62.2 Å². The summed E-state index contributed by atoms with van der Waals surface area (Å²) in [4.78, 5) is 30.4. The molecule has 0 saturated heterocycles. The number of ether oxygens (including phenoxy) is 2. The molecule has 190 valence electrons. The normalized spacial score (nSPS) is 15.8. The summed E-state index contributed by atoms with van der Waals surface area (Å²) in [5.41, 5.74) is 2.03. The highest BCUT2D eigenvalue weighted by molar-refractivity contribution is 6.31. The van der Waals surface area contributed by atoms with Gasteiger partial charge >= 0.3 is 0 Å². The molecule has 0 spiro atoms. The monoisotopic (exact) mass is 512 g/mol. The van der Waals surface area contributed by atoms with Crippen LogP contribution in [0.25, 0.3) is 11.0 Å². The molecule has 1 unspecified atom stereocenters. The van der Waals surface area contributed by atoms with Gasteiger partial charge in [0.05, 0.1) is 25.3 Å². The Morgan fingerprint density at radius 2 is 1.83 bits per heavy atom. The van der Waals surface area contributed by atoms with Crippen LogP contribution in [0.1, 0.15) is 36.0 Å². The number of carbonyl (C=O) groups is 2. The van der Waals surface area contributed by atoms with Crippen molar-refractivity contribution in [1.82, 2.24) is 4.90 Å². The molecule has 1 aliphatic rings. The minimum Gasteiger partial charge on any atom is -0.503 e. The van der Waals surface area contributed by atoms with Crippen molar-refractivity contribution in [3.05, 3.63) is 70.1 Å². The molecule has 1 aromatic heterocycles. The molecule has 9 heteroatoms. The van der Waals surface area contributed by atoms with Crippen molar-refractivity contribution in [2.75, 3.05) is 45.4 Å². The first-order valence-electron chi connectivity index (χ1n) is 11.7. The van der Waals surface area contributed by atoms with Crippen molar-refractivity contribution in [3.63, 3.8) is 0 Å². The summed E-state index contributed by atoms with van der Waals surface area (Å²) in [6, 6.07) is 11.6. The predicted octanol–water partition coefficient (Wildman–Crippen LogP) is 5.17. The number of anilines is 1. The van der Waals surface area contributed by atoms with Crippen molar-refractivity contribution >= 4 is 39.9 Å². The second-order valence-corrected chi connectivity index (χ2v) is 8.82. The first-order valence-corrected chi connectivity index (χ1v) is 12.1. The van der Waals surface area contributed by atoms with E-state index in [2.05, 4.69) is 18.7 Å². The minimum atomic E-state index is -0.801. The minimum absolute atomic E-state index is 0.0294. The average molecular weight is 513 g/mol. The molecule has 36 heavy (non-hydrogen) atoms. The van der Waals surface area contributed by atoms with Crippen molar-refractivity contribution in [2.24, 2.45) is 0 Å². The number of benzene rings is 2. The summed E-state index contributed by atoms with van der Waals surface area (Å²) in [5, 5.41) is 11.9. The second-order valence-electron chi connectivity index (χ2n) is 8.39. The highest BCUT2D eigenvalue weighted by atomic mass is 35.5. The number of aliphatic hydroxyl groups is 1. The van der Waals surface area contributed by atoms with Crippen molar-refractivity contribution in [3.8, 4) is 5.75 Å². The smallest absolute Gasteiger partial charge is 0.290 e. The van der Waals surface area contributed by atoms with Gasteiger partial charge in [-0.3, -0.25) is 9.59 Å². The van der Waals surface area contributed by atoms with Gasteiger partial charge in [0, 0.05) is 48.9 Å². The van der Waals surface area contributed by atoms with Gasteiger partial charge in [-0.15, -0.1) is 0 Å². The van der Waals surface area contributed by atoms with Gasteiger partial charge in [-0.25, -0.2) is 0 Å². The molecule has 0 aliphatic carbocycles. The molecule has 1 N–H and O–H groups in total. The average Bonchev–Trinajstić information content (AvgIpc) is 3.42. The Morgan fingerprint density at radius 1 is 1.14 bits per heavy atom. The number of rotatable bonds is 10. The number of carbonyl (C=O) groups excluding carboxylic acids is 2. The number of amides is 1. The van der Waals surface area contributed by atoms with Crippen LogP contribution in [0.3, 0.4) is 0 Å². The number of hydrogen-bond acceptors (Lipinski definition) is 7. The number of fused-ring (bicyclic) bond motifs is 1. The molecular formula is C27H29ClN2O6. The number of ketones is 1. The Hall–Kier alpha value is -3.49. The van der Waals surface area contributed by atoms with Crippen molar-refractivity contribution < 1.29 is 28.6 Å². The van der Waals surface area contributed by atoms with Gasteiger partial charge < -0.3 is 28.8 Å². The Bertz CT molecular complexity index is 1310. The highest BCUT2D eigenvalue weighted by Gasteiger charge is 2.44. The summed E-state index contributed by atoms with van der Waals surface area (Å²) >= 11 is 6.17. The van der Waals surface area contributed by atoms with Crippen LogP contribution in [0.4, 0.5) is 5.69 Å². The number of hydrogen-bond donors (Lipinski definition) is 1. The van der Waals surface area contributed by atoms with Gasteiger partial charge in [0.1, 0.15) is 0 Å². The van der Waals surface area contributed by atoms with Crippen LogP contribution in [0.5, 0.6) is 5.75 Å². The predicted molar refractivity (Wildman–Crippen MR) is 138 cm³/mol. The van der Waals surface area contributed by atoms with Gasteiger partial charge in [-0.05, 0) is 43.7 Å². The lowest BCUT2D eigenvalue weighted by Crippen LogP contribution is -2.34. The molecule has 1 aliphatic heterocycles. The maximum absolute atomic E-state index is 13.7. The van der Waals surface area contributed by atoms with E-state index in [0.717, 1.165) is 18.8 Å². The van der Waals surface area contributed by atoms with Crippen LogP contribution in [0.2, 0.25) is 5.02 Å². The Morgan fingerprint density at radius 3 is 2.44 bits per heavy atom. The largest absolute Gasteiger partial charge is 0.503 e. The van der Waals surface area contributed by atoms with Gasteiger partial charge in [-0.2, -0.15) is 0 Å². The summed E-state index contributed by atoms with van der Waals surface area (Å²) in [6.45, 7) is 6.29. The number of aliphatic hydroxyl groups excluding tert-OH is 1. The maximum Gasteiger partial charge on any atom is 0.290 e. The fourth-order valence-electron chi connectivity index (χ4n) is 4.59. The van der Waals surface area contributed by atoms with Gasteiger partial charge in [0.2, 0.25) is 5.78 Å². The molecular weight excluding hydrogens is 484 g/mol. The highest BCUT2D eigenvalue weighted by Crippen LogP contribution is 2.41. The third kappa shape index (κ3) is 4.54. The number of nitrogens with zero attached hydrogens (tertiary/aromatic N) is 2.